The van der Waals surface area contributed by atoms with Gasteiger partial charge in [-0.1, -0.05) is 13.8 Å². The Bertz CT molecular complexity index is 516. The second kappa shape index (κ2) is 5.47. The third-order valence-electron chi connectivity index (χ3n) is 4.97. The molecule has 0 aromatic carbocycles. The van der Waals surface area contributed by atoms with Gasteiger partial charge in [-0.05, 0) is 50.9 Å². The van der Waals surface area contributed by atoms with Gasteiger partial charge < -0.3 is 10.6 Å². The van der Waals surface area contributed by atoms with Crippen LogP contribution in [0.4, 0.5) is 11.6 Å². The number of nitrogens with zero attached hydrogens (tertiary/aromatic N) is 2. The smallest absolute Gasteiger partial charge is 0.135 e. The van der Waals surface area contributed by atoms with Crippen molar-refractivity contribution in [2.45, 2.75) is 59.3 Å². The minimum Gasteiger partial charge on any atom is -0.370 e. The van der Waals surface area contributed by atoms with Crippen LogP contribution in [0.15, 0.2) is 0 Å². The molecule has 0 radical (unpaired) electrons. The third kappa shape index (κ3) is 2.99. The Morgan fingerprint density at radius 1 is 1.14 bits per heavy atom. The lowest BCUT2D eigenvalue weighted by Gasteiger charge is -2.19. The molecule has 1 heterocycles. The third-order valence-corrected chi connectivity index (χ3v) is 4.97. The Morgan fingerprint density at radius 2 is 1.76 bits per heavy atom. The van der Waals surface area contributed by atoms with E-state index in [0.29, 0.717) is 11.3 Å². The lowest BCUT2D eigenvalue weighted by Crippen LogP contribution is -2.20. The molecule has 0 atom stereocenters. The van der Waals surface area contributed by atoms with Gasteiger partial charge in [0.25, 0.3) is 0 Å². The van der Waals surface area contributed by atoms with E-state index in [-0.39, 0.29) is 0 Å². The zero-order chi connectivity index (χ0) is 15.0. The van der Waals surface area contributed by atoms with Crippen molar-refractivity contribution in [2.24, 2.45) is 11.3 Å². The minimum atomic E-state index is 0.349. The van der Waals surface area contributed by atoms with E-state index in [4.69, 9.17) is 4.98 Å². The summed E-state index contributed by atoms with van der Waals surface area (Å²) in [6, 6.07) is 0. The van der Waals surface area contributed by atoms with Crippen LogP contribution < -0.4 is 10.6 Å². The van der Waals surface area contributed by atoms with Crippen LogP contribution in [0.5, 0.6) is 0 Å². The summed E-state index contributed by atoms with van der Waals surface area (Å²) in [5, 5.41) is 7.01. The maximum atomic E-state index is 4.76. The lowest BCUT2D eigenvalue weighted by atomic mass is 10.0. The first-order valence-corrected chi connectivity index (χ1v) is 8.42. The van der Waals surface area contributed by atoms with E-state index in [1.807, 2.05) is 0 Å². The number of rotatable bonds is 7. The maximum Gasteiger partial charge on any atom is 0.135 e. The van der Waals surface area contributed by atoms with Gasteiger partial charge in [-0.3, -0.25) is 0 Å². The molecule has 0 saturated heterocycles. The van der Waals surface area contributed by atoms with Crippen LogP contribution in [0, 0.1) is 18.3 Å². The molecule has 116 valence electrons. The Hall–Kier alpha value is -1.32. The molecule has 1 aromatic heterocycles. The zero-order valence-electron chi connectivity index (χ0n) is 13.8. The summed E-state index contributed by atoms with van der Waals surface area (Å²) in [7, 11) is 0. The summed E-state index contributed by atoms with van der Waals surface area (Å²) >= 11 is 0. The molecule has 4 heteroatoms. The molecule has 2 N–H and O–H groups in total. The molecule has 0 amide bonds. The lowest BCUT2D eigenvalue weighted by molar-refractivity contribution is 0.466. The Kier molecular flexibility index (Phi) is 3.80. The molecular formula is C17H28N4. The van der Waals surface area contributed by atoms with E-state index in [0.717, 1.165) is 42.0 Å². The van der Waals surface area contributed by atoms with Crippen LogP contribution in [-0.2, 0) is 0 Å². The van der Waals surface area contributed by atoms with E-state index in [2.05, 4.69) is 43.3 Å². The van der Waals surface area contributed by atoms with Gasteiger partial charge in [0.05, 0.1) is 0 Å². The maximum absolute atomic E-state index is 4.76. The van der Waals surface area contributed by atoms with Crippen LogP contribution >= 0.6 is 0 Å². The molecule has 0 bridgehead atoms. The highest BCUT2D eigenvalue weighted by molar-refractivity contribution is 5.57. The van der Waals surface area contributed by atoms with E-state index in [9.17, 15) is 0 Å². The first-order valence-electron chi connectivity index (χ1n) is 8.42. The summed E-state index contributed by atoms with van der Waals surface area (Å²) in [6.45, 7) is 10.5. The molecule has 2 fully saturated rings. The van der Waals surface area contributed by atoms with Crippen LogP contribution in [0.3, 0.4) is 0 Å². The number of hydrogen-bond donors (Lipinski definition) is 2. The van der Waals surface area contributed by atoms with Gasteiger partial charge >= 0.3 is 0 Å². The second-order valence-electron chi connectivity index (χ2n) is 7.08. The van der Waals surface area contributed by atoms with Crippen molar-refractivity contribution in [1.82, 2.24) is 9.97 Å². The van der Waals surface area contributed by atoms with Crippen molar-refractivity contribution >= 4 is 11.6 Å². The molecule has 0 spiro atoms. The van der Waals surface area contributed by atoms with Crippen LogP contribution in [0.1, 0.15) is 63.8 Å². The Labute approximate surface area is 128 Å². The number of anilines is 2. The largest absolute Gasteiger partial charge is 0.370 e. The summed E-state index contributed by atoms with van der Waals surface area (Å²) in [4.78, 5) is 9.43. The van der Waals surface area contributed by atoms with Crippen molar-refractivity contribution in [3.8, 4) is 0 Å². The summed E-state index contributed by atoms with van der Waals surface area (Å²) in [6.07, 6.45) is 5.66. The molecule has 0 aliphatic heterocycles. The zero-order valence-corrected chi connectivity index (χ0v) is 13.8. The molecule has 2 aliphatic rings. The highest BCUT2D eigenvalue weighted by Gasteiger charge is 2.53. The van der Waals surface area contributed by atoms with Gasteiger partial charge in [0, 0.05) is 24.6 Å². The summed E-state index contributed by atoms with van der Waals surface area (Å²) < 4.78 is 0. The Balaban J connectivity index is 1.78. The van der Waals surface area contributed by atoms with Crippen molar-refractivity contribution in [1.29, 1.82) is 0 Å². The first kappa shape index (κ1) is 14.6. The van der Waals surface area contributed by atoms with Crippen molar-refractivity contribution in [2.75, 3.05) is 23.7 Å². The van der Waals surface area contributed by atoms with E-state index in [1.165, 1.54) is 25.7 Å². The quantitative estimate of drug-likeness (QED) is 0.798. The van der Waals surface area contributed by atoms with Gasteiger partial charge in [0.1, 0.15) is 17.5 Å². The first-order chi connectivity index (χ1) is 10.1. The van der Waals surface area contributed by atoms with Crippen molar-refractivity contribution in [3.63, 3.8) is 0 Å². The van der Waals surface area contributed by atoms with Gasteiger partial charge in [-0.15, -0.1) is 0 Å². The van der Waals surface area contributed by atoms with Crippen molar-refractivity contribution in [3.05, 3.63) is 11.4 Å². The summed E-state index contributed by atoms with van der Waals surface area (Å²) in [5.74, 6) is 4.26. The van der Waals surface area contributed by atoms with Crippen LogP contribution in [0.2, 0.25) is 0 Å². The molecule has 4 nitrogen and oxygen atoms in total. The molecule has 2 saturated carbocycles. The average molecular weight is 288 g/mol. The molecule has 0 unspecified atom stereocenters. The number of hydrogen-bond acceptors (Lipinski definition) is 4. The van der Waals surface area contributed by atoms with E-state index >= 15 is 0 Å². The predicted octanol–water partition coefficient (Wildman–Crippen LogP) is 3.94. The topological polar surface area (TPSA) is 49.8 Å². The number of aromatic nitrogens is 2. The molecule has 21 heavy (non-hydrogen) atoms. The fraction of sp³-hybridized carbons (Fsp3) is 0.765. The van der Waals surface area contributed by atoms with Crippen molar-refractivity contribution < 1.29 is 0 Å². The highest BCUT2D eigenvalue weighted by Crippen LogP contribution is 2.61. The predicted molar refractivity (Wildman–Crippen MR) is 87.9 cm³/mol. The van der Waals surface area contributed by atoms with E-state index < -0.39 is 0 Å². The Morgan fingerprint density at radius 3 is 2.24 bits per heavy atom. The number of nitrogens with one attached hydrogen (secondary N) is 2. The molecule has 2 aliphatic carbocycles. The van der Waals surface area contributed by atoms with Gasteiger partial charge in [-0.25, -0.2) is 9.97 Å². The van der Waals surface area contributed by atoms with Gasteiger partial charge in [0.2, 0.25) is 0 Å². The second-order valence-corrected chi connectivity index (χ2v) is 7.08. The van der Waals surface area contributed by atoms with Gasteiger partial charge in [-0.2, -0.15) is 0 Å². The molecule has 3 rings (SSSR count). The fourth-order valence-electron chi connectivity index (χ4n) is 3.15. The van der Waals surface area contributed by atoms with Crippen LogP contribution in [0.25, 0.3) is 0 Å². The molecular weight excluding hydrogens is 260 g/mol. The fourth-order valence-corrected chi connectivity index (χ4v) is 3.15. The minimum absolute atomic E-state index is 0.349. The average Bonchev–Trinajstić information content (AvgIpc) is 3.32. The molecule has 1 aromatic rings. The normalized spacial score (nSPS) is 19.7. The highest BCUT2D eigenvalue weighted by atomic mass is 15.1. The summed E-state index contributed by atoms with van der Waals surface area (Å²) in [5.41, 5.74) is 1.74. The van der Waals surface area contributed by atoms with Gasteiger partial charge in [0.15, 0.2) is 0 Å². The van der Waals surface area contributed by atoms with Crippen LogP contribution in [-0.4, -0.2) is 23.1 Å². The van der Waals surface area contributed by atoms with E-state index in [1.54, 1.807) is 0 Å². The standard InChI is InChI=1S/C17H28N4/c1-5-18-15-12(4)16(21-14(20-15)11(2)3)19-10-17(8-9-17)13-6-7-13/h11,13H,5-10H2,1-4H3,(H2,18,19,20,21). The monoisotopic (exact) mass is 288 g/mol. The SMILES string of the molecule is CCNc1nc(C(C)C)nc(NCC2(C3CC3)CC2)c1C.